The summed E-state index contributed by atoms with van der Waals surface area (Å²) in [5.74, 6) is -0.942. The van der Waals surface area contributed by atoms with Gasteiger partial charge in [-0.15, -0.1) is 11.3 Å². The maximum absolute atomic E-state index is 14.7. The predicted octanol–water partition coefficient (Wildman–Crippen LogP) is 4.51. The van der Waals surface area contributed by atoms with Crippen LogP contribution in [0.3, 0.4) is 0 Å². The van der Waals surface area contributed by atoms with Gasteiger partial charge in [-0.1, -0.05) is 6.07 Å². The van der Waals surface area contributed by atoms with E-state index in [1.54, 1.807) is 25.1 Å². The number of hydrogen-bond donors (Lipinski definition) is 2. The molecule has 0 amide bonds. The summed E-state index contributed by atoms with van der Waals surface area (Å²) in [7, 11) is -0.710. The molecule has 0 aliphatic rings. The number of nitrogens with one attached hydrogen (secondary N) is 2. The highest BCUT2D eigenvalue weighted by molar-refractivity contribution is 7.89. The second-order valence-corrected chi connectivity index (χ2v) is 10.3. The number of esters is 1. The van der Waals surface area contributed by atoms with Crippen molar-refractivity contribution >= 4 is 48.8 Å². The van der Waals surface area contributed by atoms with Gasteiger partial charge in [0.2, 0.25) is 10.0 Å². The molecule has 0 aliphatic carbocycles. The Morgan fingerprint density at radius 1 is 1.12 bits per heavy atom. The monoisotopic (exact) mass is 479 g/mol. The molecule has 3 aromatic rings. The van der Waals surface area contributed by atoms with Crippen LogP contribution >= 0.6 is 11.3 Å². The zero-order valence-corrected chi connectivity index (χ0v) is 20.0. The molecule has 7 nitrogen and oxygen atoms in total. The largest absolute Gasteiger partial charge is 0.462 e. The first-order valence-electron chi connectivity index (χ1n) is 10.1. The third-order valence-electron chi connectivity index (χ3n) is 4.82. The van der Waals surface area contributed by atoms with E-state index in [-0.39, 0.29) is 18.0 Å². The summed E-state index contributed by atoms with van der Waals surface area (Å²) in [5.41, 5.74) is 1.70. The molecule has 1 heterocycles. The van der Waals surface area contributed by atoms with Crippen LogP contribution in [0.15, 0.2) is 41.3 Å². The van der Waals surface area contributed by atoms with Crippen LogP contribution in [-0.2, 0) is 21.3 Å². The number of anilines is 2. The standard InChI is InChI=1S/C22H26FN3O4S2/c1-5-24-17-11-10-14(32(28,29)26(3)4)12-18(17)25-13-15-20-16(23)8-7-9-19(20)31-21(15)22(27)30-6-2/h7-12,24-25H,5-6,13H2,1-4H3. The molecule has 1 aromatic heterocycles. The number of benzene rings is 2. The Hall–Kier alpha value is -2.69. The summed E-state index contributed by atoms with van der Waals surface area (Å²) in [6.07, 6.45) is 0. The first-order valence-corrected chi connectivity index (χ1v) is 12.4. The molecule has 0 atom stereocenters. The lowest BCUT2D eigenvalue weighted by atomic mass is 10.1. The van der Waals surface area contributed by atoms with Gasteiger partial charge in [-0.25, -0.2) is 21.9 Å². The lowest BCUT2D eigenvalue weighted by molar-refractivity contribution is 0.0531. The SMILES string of the molecule is CCNc1ccc(S(=O)(=O)N(C)C)cc1NCc1c(C(=O)OCC)sc2cccc(F)c12. The Bertz CT molecular complexity index is 1240. The van der Waals surface area contributed by atoms with Gasteiger partial charge < -0.3 is 15.4 Å². The van der Waals surface area contributed by atoms with Gasteiger partial charge in [-0.2, -0.15) is 0 Å². The van der Waals surface area contributed by atoms with E-state index >= 15 is 0 Å². The van der Waals surface area contributed by atoms with Crippen LogP contribution in [0.25, 0.3) is 10.1 Å². The van der Waals surface area contributed by atoms with E-state index in [9.17, 15) is 17.6 Å². The first kappa shape index (κ1) is 24.0. The van der Waals surface area contributed by atoms with E-state index in [4.69, 9.17) is 4.74 Å². The van der Waals surface area contributed by atoms with Crippen molar-refractivity contribution in [3.05, 3.63) is 52.7 Å². The molecule has 32 heavy (non-hydrogen) atoms. The maximum Gasteiger partial charge on any atom is 0.348 e. The van der Waals surface area contributed by atoms with Crippen molar-refractivity contribution in [1.82, 2.24) is 4.31 Å². The Morgan fingerprint density at radius 3 is 2.53 bits per heavy atom. The lowest BCUT2D eigenvalue weighted by Gasteiger charge is -2.17. The van der Waals surface area contributed by atoms with Gasteiger partial charge in [0.1, 0.15) is 10.7 Å². The van der Waals surface area contributed by atoms with Gasteiger partial charge in [0.25, 0.3) is 0 Å². The van der Waals surface area contributed by atoms with Crippen LogP contribution in [-0.4, -0.2) is 45.9 Å². The van der Waals surface area contributed by atoms with Crippen molar-refractivity contribution in [2.45, 2.75) is 25.3 Å². The van der Waals surface area contributed by atoms with Crippen molar-refractivity contribution in [1.29, 1.82) is 0 Å². The van der Waals surface area contributed by atoms with Crippen LogP contribution in [0.4, 0.5) is 15.8 Å². The van der Waals surface area contributed by atoms with Crippen LogP contribution in [0.2, 0.25) is 0 Å². The lowest BCUT2D eigenvalue weighted by Crippen LogP contribution is -2.22. The molecule has 172 valence electrons. The molecule has 0 spiro atoms. The molecule has 0 radical (unpaired) electrons. The fourth-order valence-electron chi connectivity index (χ4n) is 3.27. The molecule has 2 N–H and O–H groups in total. The number of fused-ring (bicyclic) bond motifs is 1. The summed E-state index contributed by atoms with van der Waals surface area (Å²) in [6.45, 7) is 4.58. The molecule has 0 aliphatic heterocycles. The minimum Gasteiger partial charge on any atom is -0.462 e. The van der Waals surface area contributed by atoms with E-state index in [1.165, 1.54) is 43.6 Å². The average molecular weight is 480 g/mol. The number of nitrogens with zero attached hydrogens (tertiary/aromatic N) is 1. The zero-order chi connectivity index (χ0) is 23.5. The smallest absolute Gasteiger partial charge is 0.348 e. The van der Waals surface area contributed by atoms with Crippen molar-refractivity contribution in [3.8, 4) is 0 Å². The number of carbonyl (C=O) groups excluding carboxylic acids is 1. The summed E-state index contributed by atoms with van der Waals surface area (Å²) in [5, 5.41) is 6.74. The summed E-state index contributed by atoms with van der Waals surface area (Å²) in [6, 6.07) is 9.44. The molecule has 0 fully saturated rings. The van der Waals surface area contributed by atoms with Crippen molar-refractivity contribution in [2.75, 3.05) is 37.9 Å². The van der Waals surface area contributed by atoms with E-state index in [0.29, 0.717) is 38.4 Å². The van der Waals surface area contributed by atoms with E-state index in [1.807, 2.05) is 6.92 Å². The second-order valence-electron chi connectivity index (χ2n) is 7.12. The third kappa shape index (κ3) is 4.72. The Labute approximate surface area is 191 Å². The van der Waals surface area contributed by atoms with Gasteiger partial charge >= 0.3 is 5.97 Å². The highest BCUT2D eigenvalue weighted by Gasteiger charge is 2.23. The molecule has 0 saturated carbocycles. The average Bonchev–Trinajstić information content (AvgIpc) is 3.13. The molecule has 10 heteroatoms. The fraction of sp³-hybridized carbons (Fsp3) is 0.318. The topological polar surface area (TPSA) is 87.7 Å². The zero-order valence-electron chi connectivity index (χ0n) is 18.4. The summed E-state index contributed by atoms with van der Waals surface area (Å²) in [4.78, 5) is 13.0. The molecule has 2 aromatic carbocycles. The number of thiophene rings is 1. The third-order valence-corrected chi connectivity index (χ3v) is 7.80. The van der Waals surface area contributed by atoms with Crippen LogP contribution in [0.1, 0.15) is 29.1 Å². The van der Waals surface area contributed by atoms with Crippen LogP contribution < -0.4 is 10.6 Å². The predicted molar refractivity (Wildman–Crippen MR) is 127 cm³/mol. The fourth-order valence-corrected chi connectivity index (χ4v) is 5.32. The minimum atomic E-state index is -3.64. The minimum absolute atomic E-state index is 0.110. The van der Waals surface area contributed by atoms with E-state index in [0.717, 1.165) is 4.31 Å². The van der Waals surface area contributed by atoms with E-state index < -0.39 is 21.8 Å². The molecule has 0 unspecified atom stereocenters. The molecular formula is C22H26FN3O4S2. The van der Waals surface area contributed by atoms with Gasteiger partial charge in [-0.3, -0.25) is 0 Å². The normalized spacial score (nSPS) is 11.7. The Morgan fingerprint density at radius 2 is 1.88 bits per heavy atom. The number of sulfonamides is 1. The van der Waals surface area contributed by atoms with Crippen molar-refractivity contribution in [3.63, 3.8) is 0 Å². The molecular weight excluding hydrogens is 453 g/mol. The number of rotatable bonds is 9. The van der Waals surface area contributed by atoms with Crippen molar-refractivity contribution < 1.29 is 22.3 Å². The Kier molecular flexibility index (Phi) is 7.37. The Balaban J connectivity index is 2.05. The van der Waals surface area contributed by atoms with Crippen LogP contribution in [0, 0.1) is 5.82 Å². The number of halogens is 1. The molecule has 0 bridgehead atoms. The first-order chi connectivity index (χ1) is 15.2. The molecule has 3 rings (SSSR count). The quantitative estimate of drug-likeness (QED) is 0.439. The number of hydrogen-bond acceptors (Lipinski definition) is 7. The van der Waals surface area contributed by atoms with E-state index in [2.05, 4.69) is 10.6 Å². The van der Waals surface area contributed by atoms with Gasteiger partial charge in [-0.05, 0) is 44.2 Å². The number of carbonyl (C=O) groups is 1. The van der Waals surface area contributed by atoms with Crippen LogP contribution in [0.5, 0.6) is 0 Å². The summed E-state index contributed by atoms with van der Waals surface area (Å²) >= 11 is 1.17. The number of ether oxygens (including phenoxy) is 1. The molecule has 0 saturated heterocycles. The highest BCUT2D eigenvalue weighted by Crippen LogP contribution is 2.35. The van der Waals surface area contributed by atoms with Crippen molar-refractivity contribution in [2.24, 2.45) is 0 Å². The van der Waals surface area contributed by atoms with Gasteiger partial charge in [0.05, 0.1) is 22.9 Å². The summed E-state index contributed by atoms with van der Waals surface area (Å²) < 4.78 is 46.8. The van der Waals surface area contributed by atoms with Gasteiger partial charge in [0.15, 0.2) is 0 Å². The van der Waals surface area contributed by atoms with Gasteiger partial charge in [0, 0.05) is 42.8 Å². The highest BCUT2D eigenvalue weighted by atomic mass is 32.2. The second kappa shape index (κ2) is 9.85. The maximum atomic E-state index is 14.7.